The molecule has 0 radical (unpaired) electrons. The van der Waals surface area contributed by atoms with E-state index >= 15 is 0 Å². The molecule has 0 bridgehead atoms. The number of benzene rings is 2. The first-order valence-electron chi connectivity index (χ1n) is 9.15. The molecule has 2 aromatic carbocycles. The summed E-state index contributed by atoms with van der Waals surface area (Å²) in [5.74, 6) is -1.48. The molecule has 1 aromatic heterocycles. The molecule has 1 aliphatic rings. The number of nitrogens with zero attached hydrogens (tertiary/aromatic N) is 3. The van der Waals surface area contributed by atoms with Crippen LogP contribution in [0, 0.1) is 11.6 Å². The van der Waals surface area contributed by atoms with Gasteiger partial charge in [0.25, 0.3) is 5.56 Å². The Bertz CT molecular complexity index is 1140. The monoisotopic (exact) mass is 413 g/mol. The van der Waals surface area contributed by atoms with Gasteiger partial charge in [-0.2, -0.15) is 5.10 Å². The molecule has 0 spiro atoms. The second kappa shape index (κ2) is 8.03. The Morgan fingerprint density at radius 1 is 1.07 bits per heavy atom. The van der Waals surface area contributed by atoms with Crippen molar-refractivity contribution in [3.05, 3.63) is 82.1 Å². The number of hydrogen-bond acceptors (Lipinski definition) is 5. The van der Waals surface area contributed by atoms with E-state index in [0.717, 1.165) is 18.2 Å². The maximum Gasteiger partial charge on any atom is 0.414 e. The Kier molecular flexibility index (Phi) is 5.28. The average Bonchev–Trinajstić information content (AvgIpc) is 3.10. The molecule has 30 heavy (non-hydrogen) atoms. The van der Waals surface area contributed by atoms with Crippen LogP contribution in [0.15, 0.2) is 59.4 Å². The average molecular weight is 413 g/mol. The van der Waals surface area contributed by atoms with Crippen LogP contribution in [0.3, 0.4) is 0 Å². The third-order valence-electron chi connectivity index (χ3n) is 4.66. The first-order valence-corrected chi connectivity index (χ1v) is 9.15. The highest BCUT2D eigenvalue weighted by atomic mass is 19.1. The molecule has 0 saturated carbocycles. The maximum atomic E-state index is 13.5. The number of halogens is 2. The van der Waals surface area contributed by atoms with Gasteiger partial charge in [-0.25, -0.2) is 18.3 Å². The smallest absolute Gasteiger partial charge is 0.414 e. The van der Waals surface area contributed by atoms with Crippen molar-refractivity contribution in [2.24, 2.45) is 0 Å². The molecule has 1 amide bonds. The minimum atomic E-state index is -0.740. The summed E-state index contributed by atoms with van der Waals surface area (Å²) in [6.45, 7) is 0.0386. The van der Waals surface area contributed by atoms with Gasteiger partial charge in [-0.05, 0) is 35.9 Å². The topological polar surface area (TPSA) is 84.7 Å². The van der Waals surface area contributed by atoms with Crippen LogP contribution >= 0.6 is 0 Å². The number of hydrogen-bond donors (Lipinski definition) is 1. The summed E-state index contributed by atoms with van der Waals surface area (Å²) in [7, 11) is 0. The summed E-state index contributed by atoms with van der Waals surface area (Å²) in [5.41, 5.74) is 1.32. The van der Waals surface area contributed by atoms with Crippen molar-refractivity contribution in [2.45, 2.75) is 12.6 Å². The Labute approximate surface area is 169 Å². The highest BCUT2D eigenvalue weighted by Crippen LogP contribution is 2.23. The van der Waals surface area contributed by atoms with Gasteiger partial charge >= 0.3 is 6.09 Å². The number of amides is 1. The number of rotatable bonds is 5. The Balaban J connectivity index is 1.62. The van der Waals surface area contributed by atoms with Gasteiger partial charge in [-0.15, -0.1) is 0 Å². The number of carbonyl (C=O) groups excluding carboxylic acids is 1. The van der Waals surface area contributed by atoms with Gasteiger partial charge in [0.05, 0.1) is 25.4 Å². The molecule has 1 N–H and O–H groups in total. The van der Waals surface area contributed by atoms with Crippen molar-refractivity contribution >= 4 is 11.8 Å². The van der Waals surface area contributed by atoms with Crippen molar-refractivity contribution in [3.63, 3.8) is 0 Å². The lowest BCUT2D eigenvalue weighted by atomic mass is 10.1. The van der Waals surface area contributed by atoms with Gasteiger partial charge in [0.15, 0.2) is 0 Å². The van der Waals surface area contributed by atoms with Crippen LogP contribution in [-0.4, -0.2) is 40.2 Å². The third-order valence-corrected chi connectivity index (χ3v) is 4.66. The van der Waals surface area contributed by atoms with Crippen molar-refractivity contribution in [3.8, 4) is 11.3 Å². The number of anilines is 1. The zero-order valence-electron chi connectivity index (χ0n) is 15.7. The lowest BCUT2D eigenvalue weighted by Gasteiger charge is -2.14. The number of aliphatic hydroxyl groups excluding tert-OH is 1. The molecule has 154 valence electrons. The van der Waals surface area contributed by atoms with E-state index in [1.807, 2.05) is 0 Å². The lowest BCUT2D eigenvalue weighted by molar-refractivity contribution is 0.0963. The van der Waals surface area contributed by atoms with E-state index in [1.54, 1.807) is 24.3 Å². The second-order valence-corrected chi connectivity index (χ2v) is 6.84. The first-order chi connectivity index (χ1) is 14.4. The van der Waals surface area contributed by atoms with Crippen LogP contribution in [-0.2, 0) is 11.3 Å². The largest absolute Gasteiger partial charge is 0.441 e. The predicted molar refractivity (Wildman–Crippen MR) is 104 cm³/mol. The standard InChI is InChI=1S/C21H17F2N3O4/c22-15-7-14(8-16(23)9-15)19-4-5-20(28)26(24-19)10-13-2-1-3-17(6-13)25-11-18(12-27)30-21(25)29/h1-9,18,27H,10-12H2/t18-/m1/s1. The van der Waals surface area contributed by atoms with Crippen LogP contribution in [0.25, 0.3) is 11.3 Å². The van der Waals surface area contributed by atoms with Crippen molar-refractivity contribution in [1.29, 1.82) is 0 Å². The molecule has 1 saturated heterocycles. The minimum Gasteiger partial charge on any atom is -0.441 e. The molecule has 4 rings (SSSR count). The SMILES string of the molecule is O=C1O[C@@H](CO)CN1c1cccc(Cn2nc(-c3cc(F)cc(F)c3)ccc2=O)c1. The van der Waals surface area contributed by atoms with E-state index in [1.165, 1.54) is 21.7 Å². The van der Waals surface area contributed by atoms with E-state index in [-0.39, 0.29) is 36.5 Å². The van der Waals surface area contributed by atoms with Gasteiger partial charge in [0.2, 0.25) is 0 Å². The minimum absolute atomic E-state index is 0.0879. The van der Waals surface area contributed by atoms with Gasteiger partial charge < -0.3 is 9.84 Å². The van der Waals surface area contributed by atoms with E-state index in [2.05, 4.69) is 5.10 Å². The molecule has 1 aliphatic heterocycles. The molecular formula is C21H17F2N3O4. The molecule has 9 heteroatoms. The number of ether oxygens (including phenoxy) is 1. The summed E-state index contributed by atoms with van der Waals surface area (Å²) in [6, 6.07) is 12.6. The van der Waals surface area contributed by atoms with Gasteiger partial charge in [0, 0.05) is 23.4 Å². The van der Waals surface area contributed by atoms with Crippen LogP contribution in [0.4, 0.5) is 19.3 Å². The number of aromatic nitrogens is 2. The summed E-state index contributed by atoms with van der Waals surface area (Å²) >= 11 is 0. The Morgan fingerprint density at radius 3 is 2.53 bits per heavy atom. The fraction of sp³-hybridized carbons (Fsp3) is 0.190. The lowest BCUT2D eigenvalue weighted by Crippen LogP contribution is -2.26. The van der Waals surface area contributed by atoms with Crippen molar-refractivity contribution in [2.75, 3.05) is 18.1 Å². The van der Waals surface area contributed by atoms with E-state index in [4.69, 9.17) is 4.74 Å². The molecular weight excluding hydrogens is 396 g/mol. The van der Waals surface area contributed by atoms with Crippen LogP contribution < -0.4 is 10.5 Å². The second-order valence-electron chi connectivity index (χ2n) is 6.84. The maximum absolute atomic E-state index is 13.5. The number of carbonyl (C=O) groups is 1. The van der Waals surface area contributed by atoms with E-state index < -0.39 is 23.8 Å². The van der Waals surface area contributed by atoms with Gasteiger partial charge in [0.1, 0.15) is 17.7 Å². The first kappa shape index (κ1) is 19.7. The summed E-state index contributed by atoms with van der Waals surface area (Å²) in [5, 5.41) is 13.4. The van der Waals surface area contributed by atoms with Crippen LogP contribution in [0.2, 0.25) is 0 Å². The predicted octanol–water partition coefficient (Wildman–Crippen LogP) is 2.55. The molecule has 1 fully saturated rings. The Hall–Kier alpha value is -3.59. The third kappa shape index (κ3) is 4.06. The van der Waals surface area contributed by atoms with E-state index in [0.29, 0.717) is 11.3 Å². The summed E-state index contributed by atoms with van der Waals surface area (Å²) < 4.78 is 33.3. The Morgan fingerprint density at radius 2 is 1.83 bits per heavy atom. The molecule has 3 aromatic rings. The fourth-order valence-electron chi connectivity index (χ4n) is 3.24. The molecule has 7 nitrogen and oxygen atoms in total. The fourth-order valence-corrected chi connectivity index (χ4v) is 3.24. The molecule has 2 heterocycles. The molecule has 0 unspecified atom stereocenters. The highest BCUT2D eigenvalue weighted by Gasteiger charge is 2.31. The molecule has 1 atom stereocenters. The van der Waals surface area contributed by atoms with Crippen molar-refractivity contribution in [1.82, 2.24) is 9.78 Å². The number of cyclic esters (lactones) is 1. The normalized spacial score (nSPS) is 16.0. The summed E-state index contributed by atoms with van der Waals surface area (Å²) in [4.78, 5) is 25.6. The molecule has 0 aliphatic carbocycles. The summed E-state index contributed by atoms with van der Waals surface area (Å²) in [6.07, 6.45) is -1.15. The van der Waals surface area contributed by atoms with Crippen molar-refractivity contribution < 1.29 is 23.4 Å². The van der Waals surface area contributed by atoms with Crippen LogP contribution in [0.1, 0.15) is 5.56 Å². The van der Waals surface area contributed by atoms with E-state index in [9.17, 15) is 23.5 Å². The number of aliphatic hydroxyl groups is 1. The highest BCUT2D eigenvalue weighted by molar-refractivity contribution is 5.89. The van der Waals surface area contributed by atoms with Crippen LogP contribution in [0.5, 0.6) is 0 Å². The van der Waals surface area contributed by atoms with Gasteiger partial charge in [-0.1, -0.05) is 12.1 Å². The zero-order valence-corrected chi connectivity index (χ0v) is 15.7. The van der Waals surface area contributed by atoms with Gasteiger partial charge in [-0.3, -0.25) is 9.69 Å². The quantitative estimate of drug-likeness (QED) is 0.695. The zero-order chi connectivity index (χ0) is 21.3.